The second-order valence-electron chi connectivity index (χ2n) is 3.34. The molecule has 1 aromatic carbocycles. The highest BCUT2D eigenvalue weighted by Crippen LogP contribution is 2.34. The van der Waals surface area contributed by atoms with Gasteiger partial charge >= 0.3 is 0 Å². The topological polar surface area (TPSA) is 57.5 Å². The predicted molar refractivity (Wildman–Crippen MR) is 54.0 cm³/mol. The minimum Gasteiger partial charge on any atom is -0.504 e. The van der Waals surface area contributed by atoms with Crippen molar-refractivity contribution >= 4 is 17.4 Å². The Balaban J connectivity index is 3.19. The first-order chi connectivity index (χ1) is 6.43. The number of aromatic hydroxyl groups is 2. The molecule has 0 aliphatic heterocycles. The third-order valence-corrected chi connectivity index (χ3v) is 2.14. The molecule has 1 aromatic rings. The van der Waals surface area contributed by atoms with Gasteiger partial charge < -0.3 is 10.2 Å². The summed E-state index contributed by atoms with van der Waals surface area (Å²) in [5.74, 6) is -1.06. The van der Waals surface area contributed by atoms with E-state index >= 15 is 0 Å². The van der Waals surface area contributed by atoms with Crippen LogP contribution in [-0.4, -0.2) is 16.0 Å². The van der Waals surface area contributed by atoms with Gasteiger partial charge in [0.25, 0.3) is 0 Å². The van der Waals surface area contributed by atoms with E-state index in [2.05, 4.69) is 0 Å². The maximum atomic E-state index is 11.5. The zero-order chi connectivity index (χ0) is 10.9. The lowest BCUT2D eigenvalue weighted by Crippen LogP contribution is -2.07. The molecule has 1 rings (SSSR count). The number of rotatable bonds is 2. The van der Waals surface area contributed by atoms with Crippen LogP contribution in [0.15, 0.2) is 12.1 Å². The van der Waals surface area contributed by atoms with E-state index < -0.39 is 5.75 Å². The van der Waals surface area contributed by atoms with Crippen LogP contribution in [0.2, 0.25) is 5.02 Å². The van der Waals surface area contributed by atoms with Gasteiger partial charge in [0.05, 0.1) is 5.02 Å². The van der Waals surface area contributed by atoms with Crippen LogP contribution >= 0.6 is 11.6 Å². The molecular formula is C10H11ClO3. The summed E-state index contributed by atoms with van der Waals surface area (Å²) in [4.78, 5) is 11.5. The SMILES string of the molecule is CC(C)C(=O)c1cc(O)c(O)c(Cl)c1. The zero-order valence-corrected chi connectivity index (χ0v) is 8.67. The van der Waals surface area contributed by atoms with E-state index in [0.717, 1.165) is 0 Å². The number of ketones is 1. The maximum Gasteiger partial charge on any atom is 0.176 e. The van der Waals surface area contributed by atoms with Crippen LogP contribution in [0, 0.1) is 5.92 Å². The fourth-order valence-corrected chi connectivity index (χ4v) is 1.27. The maximum absolute atomic E-state index is 11.5. The molecule has 0 aliphatic carbocycles. The van der Waals surface area contributed by atoms with E-state index in [1.54, 1.807) is 13.8 Å². The molecule has 0 amide bonds. The Labute approximate surface area is 86.9 Å². The lowest BCUT2D eigenvalue weighted by molar-refractivity contribution is 0.0939. The molecule has 3 nitrogen and oxygen atoms in total. The van der Waals surface area contributed by atoms with Crippen LogP contribution in [0.5, 0.6) is 11.5 Å². The molecule has 2 N–H and O–H groups in total. The number of hydrogen-bond acceptors (Lipinski definition) is 3. The molecule has 0 bridgehead atoms. The van der Waals surface area contributed by atoms with E-state index in [9.17, 15) is 9.90 Å². The Kier molecular flexibility index (Phi) is 3.01. The first-order valence-corrected chi connectivity index (χ1v) is 4.57. The summed E-state index contributed by atoms with van der Waals surface area (Å²) >= 11 is 5.61. The highest BCUT2D eigenvalue weighted by atomic mass is 35.5. The standard InChI is InChI=1S/C10H11ClO3/c1-5(2)9(13)6-3-7(11)10(14)8(12)4-6/h3-5,12,14H,1-2H3. The highest BCUT2D eigenvalue weighted by Gasteiger charge is 2.15. The van der Waals surface area contributed by atoms with Gasteiger partial charge in [-0.3, -0.25) is 4.79 Å². The number of phenols is 2. The van der Waals surface area contributed by atoms with Crippen molar-refractivity contribution in [3.05, 3.63) is 22.7 Å². The van der Waals surface area contributed by atoms with Crippen LogP contribution < -0.4 is 0 Å². The van der Waals surface area contributed by atoms with Gasteiger partial charge in [-0.05, 0) is 12.1 Å². The Bertz CT molecular complexity index is 349. The van der Waals surface area contributed by atoms with E-state index in [0.29, 0.717) is 5.56 Å². The van der Waals surface area contributed by atoms with Crippen LogP contribution in [-0.2, 0) is 0 Å². The van der Waals surface area contributed by atoms with Crippen molar-refractivity contribution in [1.29, 1.82) is 0 Å². The van der Waals surface area contributed by atoms with Crippen LogP contribution in [0.4, 0.5) is 0 Å². The molecule has 0 aromatic heterocycles. The Morgan fingerprint density at radius 3 is 2.36 bits per heavy atom. The number of carbonyl (C=O) groups is 1. The van der Waals surface area contributed by atoms with E-state index in [1.165, 1.54) is 12.1 Å². The average molecular weight is 215 g/mol. The minimum atomic E-state index is -0.396. The van der Waals surface area contributed by atoms with Gasteiger partial charge in [0.2, 0.25) is 0 Å². The van der Waals surface area contributed by atoms with Crippen molar-refractivity contribution in [2.24, 2.45) is 5.92 Å². The third kappa shape index (κ3) is 1.99. The summed E-state index contributed by atoms with van der Waals surface area (Å²) in [6.45, 7) is 3.50. The molecule has 76 valence electrons. The molecule has 0 spiro atoms. The summed E-state index contributed by atoms with van der Waals surface area (Å²) < 4.78 is 0. The summed E-state index contributed by atoms with van der Waals surface area (Å²) in [5.41, 5.74) is 0.306. The van der Waals surface area contributed by atoms with Gasteiger partial charge in [0, 0.05) is 11.5 Å². The van der Waals surface area contributed by atoms with Crippen LogP contribution in [0.25, 0.3) is 0 Å². The molecule has 0 aliphatic rings. The van der Waals surface area contributed by atoms with Crippen molar-refractivity contribution in [3.8, 4) is 11.5 Å². The number of hydrogen-bond donors (Lipinski definition) is 2. The minimum absolute atomic E-state index is 0.0194. The summed E-state index contributed by atoms with van der Waals surface area (Å²) in [6, 6.07) is 2.56. The van der Waals surface area contributed by atoms with Crippen LogP contribution in [0.1, 0.15) is 24.2 Å². The molecule has 0 fully saturated rings. The molecular weight excluding hydrogens is 204 g/mol. The number of benzene rings is 1. The van der Waals surface area contributed by atoms with Crippen molar-refractivity contribution in [2.75, 3.05) is 0 Å². The smallest absolute Gasteiger partial charge is 0.176 e. The van der Waals surface area contributed by atoms with Crippen molar-refractivity contribution in [3.63, 3.8) is 0 Å². The molecule has 0 unspecified atom stereocenters. The summed E-state index contributed by atoms with van der Waals surface area (Å²) in [7, 11) is 0. The summed E-state index contributed by atoms with van der Waals surface area (Å²) in [5, 5.41) is 18.4. The van der Waals surface area contributed by atoms with Gasteiger partial charge in [0.15, 0.2) is 17.3 Å². The van der Waals surface area contributed by atoms with Gasteiger partial charge in [-0.15, -0.1) is 0 Å². The molecule has 0 saturated heterocycles. The van der Waals surface area contributed by atoms with E-state index in [-0.39, 0.29) is 22.5 Å². The largest absolute Gasteiger partial charge is 0.504 e. The van der Waals surface area contributed by atoms with Crippen LogP contribution in [0.3, 0.4) is 0 Å². The number of carbonyl (C=O) groups excluding carboxylic acids is 1. The molecule has 0 saturated carbocycles. The van der Waals surface area contributed by atoms with E-state index in [4.69, 9.17) is 16.7 Å². The fourth-order valence-electron chi connectivity index (χ4n) is 1.06. The molecule has 14 heavy (non-hydrogen) atoms. The highest BCUT2D eigenvalue weighted by molar-refractivity contribution is 6.32. The second-order valence-corrected chi connectivity index (χ2v) is 3.75. The monoisotopic (exact) mass is 214 g/mol. The van der Waals surface area contributed by atoms with Crippen molar-refractivity contribution in [2.45, 2.75) is 13.8 Å². The normalized spacial score (nSPS) is 10.6. The van der Waals surface area contributed by atoms with Gasteiger partial charge in [-0.1, -0.05) is 25.4 Å². The molecule has 0 radical (unpaired) electrons. The molecule has 0 atom stereocenters. The Morgan fingerprint density at radius 1 is 1.36 bits per heavy atom. The quantitative estimate of drug-likeness (QED) is 0.588. The Hall–Kier alpha value is -1.22. The van der Waals surface area contributed by atoms with Gasteiger partial charge in [-0.25, -0.2) is 0 Å². The number of halogens is 1. The predicted octanol–water partition coefficient (Wildman–Crippen LogP) is 2.59. The van der Waals surface area contributed by atoms with E-state index in [1.807, 2.05) is 0 Å². The molecule has 4 heteroatoms. The number of phenolic OH excluding ortho intramolecular Hbond substituents is 2. The third-order valence-electron chi connectivity index (χ3n) is 1.85. The van der Waals surface area contributed by atoms with Gasteiger partial charge in [0.1, 0.15) is 0 Å². The van der Waals surface area contributed by atoms with Gasteiger partial charge in [-0.2, -0.15) is 0 Å². The lowest BCUT2D eigenvalue weighted by atomic mass is 10.0. The molecule has 0 heterocycles. The number of Topliss-reactive ketones (excluding diaryl/α,β-unsaturated/α-hetero) is 1. The fraction of sp³-hybridized carbons (Fsp3) is 0.300. The average Bonchev–Trinajstić information content (AvgIpc) is 2.12. The zero-order valence-electron chi connectivity index (χ0n) is 7.91. The first kappa shape index (κ1) is 10.9. The van der Waals surface area contributed by atoms with Crippen molar-refractivity contribution in [1.82, 2.24) is 0 Å². The summed E-state index contributed by atoms with van der Waals surface area (Å²) in [6.07, 6.45) is 0. The lowest BCUT2D eigenvalue weighted by Gasteiger charge is -2.06. The Morgan fingerprint density at radius 2 is 1.93 bits per heavy atom. The first-order valence-electron chi connectivity index (χ1n) is 4.19. The van der Waals surface area contributed by atoms with Crippen molar-refractivity contribution < 1.29 is 15.0 Å². The second kappa shape index (κ2) is 3.88.